The Kier molecular flexibility index (Phi) is 36.3. The van der Waals surface area contributed by atoms with Gasteiger partial charge in [0.25, 0.3) is 0 Å². The normalized spacial score (nSPS) is 21.9. The van der Waals surface area contributed by atoms with Crippen LogP contribution in [-0.2, 0) is 14.3 Å². The lowest BCUT2D eigenvalue weighted by atomic mass is 9.99. The second-order valence-electron chi connectivity index (χ2n) is 14.7. The smallest absolute Gasteiger partial charge is 0.220 e. The second kappa shape index (κ2) is 40.2. The maximum absolute atomic E-state index is 12.9. The molecule has 1 rings (SSSR count). The Balaban J connectivity index is 2.34. The molecule has 1 amide bonds. The van der Waals surface area contributed by atoms with Crippen molar-refractivity contribution < 1.29 is 39.8 Å². The molecule has 0 spiro atoms. The summed E-state index contributed by atoms with van der Waals surface area (Å²) in [6.07, 6.45) is 56.4. The number of allylic oxidation sites excluding steroid dienone is 23. The zero-order valence-corrected chi connectivity index (χ0v) is 37.1. The van der Waals surface area contributed by atoms with Gasteiger partial charge in [-0.05, 0) is 103 Å². The number of rotatable bonds is 34. The number of hydrogen-bond donors (Lipinski definition) is 6. The van der Waals surface area contributed by atoms with Crippen LogP contribution in [0, 0.1) is 0 Å². The molecule has 0 saturated carbocycles. The number of nitrogens with one attached hydrogen (secondary N) is 1. The van der Waals surface area contributed by atoms with Gasteiger partial charge in [0.05, 0.1) is 25.4 Å². The molecule has 0 aliphatic carbocycles. The Morgan fingerprint density at radius 2 is 1.02 bits per heavy atom. The predicted octanol–water partition coefficient (Wildman–Crippen LogP) is 9.60. The van der Waals surface area contributed by atoms with E-state index < -0.39 is 49.5 Å². The first kappa shape index (κ1) is 55.1. The monoisotopic (exact) mass is 846 g/mol. The number of hydrogen-bond acceptors (Lipinski definition) is 8. The molecule has 0 bridgehead atoms. The summed E-state index contributed by atoms with van der Waals surface area (Å²) in [5.74, 6) is -0.261. The predicted molar refractivity (Wildman–Crippen MR) is 253 cm³/mol. The first-order valence-corrected chi connectivity index (χ1v) is 22.5. The average molecular weight is 846 g/mol. The number of carbonyl (C=O) groups is 1. The molecule has 340 valence electrons. The van der Waals surface area contributed by atoms with Crippen molar-refractivity contribution in [3.63, 3.8) is 0 Å². The average Bonchev–Trinajstić information content (AvgIpc) is 3.26. The molecule has 1 heterocycles. The molecule has 0 radical (unpaired) electrons. The molecule has 6 N–H and O–H groups in total. The molecule has 1 fully saturated rings. The molecule has 0 aromatic rings. The van der Waals surface area contributed by atoms with Gasteiger partial charge in [0, 0.05) is 6.42 Å². The quantitative estimate of drug-likeness (QED) is 0.0277. The number of unbranched alkanes of at least 4 members (excludes halogenated alkanes) is 3. The third-order valence-electron chi connectivity index (χ3n) is 9.47. The van der Waals surface area contributed by atoms with Crippen molar-refractivity contribution in [1.82, 2.24) is 5.32 Å². The molecular weight excluding hydrogens is 767 g/mol. The summed E-state index contributed by atoms with van der Waals surface area (Å²) in [5.41, 5.74) is 0. The van der Waals surface area contributed by atoms with Crippen LogP contribution in [-0.4, -0.2) is 87.5 Å². The van der Waals surface area contributed by atoms with E-state index in [1.54, 1.807) is 6.08 Å². The summed E-state index contributed by atoms with van der Waals surface area (Å²) < 4.78 is 11.1. The van der Waals surface area contributed by atoms with Crippen molar-refractivity contribution in [2.24, 2.45) is 0 Å². The summed E-state index contributed by atoms with van der Waals surface area (Å²) >= 11 is 0. The van der Waals surface area contributed by atoms with Gasteiger partial charge in [0.2, 0.25) is 5.91 Å². The minimum Gasteiger partial charge on any atom is -0.394 e. The maximum atomic E-state index is 12.9. The highest BCUT2D eigenvalue weighted by Gasteiger charge is 2.44. The highest BCUT2D eigenvalue weighted by atomic mass is 16.7. The lowest BCUT2D eigenvalue weighted by Gasteiger charge is -2.40. The minimum absolute atomic E-state index is 0.241. The first-order chi connectivity index (χ1) is 29.8. The van der Waals surface area contributed by atoms with Gasteiger partial charge in [0.15, 0.2) is 6.29 Å². The highest BCUT2D eigenvalue weighted by Crippen LogP contribution is 2.22. The van der Waals surface area contributed by atoms with Gasteiger partial charge < -0.3 is 40.3 Å². The Labute approximate surface area is 368 Å². The van der Waals surface area contributed by atoms with Crippen LogP contribution in [0.15, 0.2) is 146 Å². The van der Waals surface area contributed by atoms with E-state index in [0.717, 1.165) is 83.5 Å². The fourth-order valence-electron chi connectivity index (χ4n) is 5.90. The third kappa shape index (κ3) is 30.7. The van der Waals surface area contributed by atoms with Crippen molar-refractivity contribution >= 4 is 5.91 Å². The van der Waals surface area contributed by atoms with Gasteiger partial charge in [-0.15, -0.1) is 0 Å². The van der Waals surface area contributed by atoms with E-state index in [2.05, 4.69) is 140 Å². The van der Waals surface area contributed by atoms with Crippen LogP contribution >= 0.6 is 0 Å². The van der Waals surface area contributed by atoms with Crippen molar-refractivity contribution in [1.29, 1.82) is 0 Å². The summed E-state index contributed by atoms with van der Waals surface area (Å²) in [7, 11) is 0. The number of carbonyl (C=O) groups excluding carboxylic acids is 1. The van der Waals surface area contributed by atoms with E-state index in [9.17, 15) is 30.3 Å². The first-order valence-electron chi connectivity index (χ1n) is 22.5. The lowest BCUT2D eigenvalue weighted by Crippen LogP contribution is -2.60. The summed E-state index contributed by atoms with van der Waals surface area (Å²) in [4.78, 5) is 12.9. The molecule has 0 aromatic carbocycles. The van der Waals surface area contributed by atoms with Crippen molar-refractivity contribution in [3.8, 4) is 0 Å². The molecule has 1 aliphatic rings. The molecular formula is C52H79NO8. The second-order valence-corrected chi connectivity index (χ2v) is 14.7. The Hall–Kier alpha value is -3.93. The fraction of sp³-hybridized carbons (Fsp3) is 0.519. The summed E-state index contributed by atoms with van der Waals surface area (Å²) in [6.45, 7) is 3.32. The molecule has 61 heavy (non-hydrogen) atoms. The van der Waals surface area contributed by atoms with Crippen LogP contribution in [0.5, 0.6) is 0 Å². The Bertz CT molecular complexity index is 1450. The van der Waals surface area contributed by atoms with Crippen LogP contribution in [0.4, 0.5) is 0 Å². The minimum atomic E-state index is -1.59. The van der Waals surface area contributed by atoms with E-state index in [1.165, 1.54) is 0 Å². The lowest BCUT2D eigenvalue weighted by molar-refractivity contribution is -0.302. The molecule has 1 saturated heterocycles. The number of aliphatic hydroxyl groups excluding tert-OH is 5. The molecule has 1 aliphatic heterocycles. The number of ether oxygens (including phenoxy) is 2. The molecule has 9 heteroatoms. The van der Waals surface area contributed by atoms with E-state index in [-0.39, 0.29) is 18.9 Å². The number of amides is 1. The molecule has 7 unspecified atom stereocenters. The zero-order valence-electron chi connectivity index (χ0n) is 37.1. The maximum Gasteiger partial charge on any atom is 0.220 e. The van der Waals surface area contributed by atoms with Crippen LogP contribution in [0.1, 0.15) is 117 Å². The van der Waals surface area contributed by atoms with Crippen LogP contribution in [0.3, 0.4) is 0 Å². The van der Waals surface area contributed by atoms with Crippen molar-refractivity contribution in [3.05, 3.63) is 146 Å². The largest absolute Gasteiger partial charge is 0.394 e. The van der Waals surface area contributed by atoms with E-state index >= 15 is 0 Å². The fourth-order valence-corrected chi connectivity index (χ4v) is 5.90. The van der Waals surface area contributed by atoms with Crippen molar-refractivity contribution in [2.45, 2.75) is 159 Å². The summed E-state index contributed by atoms with van der Waals surface area (Å²) in [5, 5.41) is 53.9. The Morgan fingerprint density at radius 1 is 0.590 bits per heavy atom. The van der Waals surface area contributed by atoms with Gasteiger partial charge in [0.1, 0.15) is 24.4 Å². The van der Waals surface area contributed by atoms with Gasteiger partial charge in [-0.3, -0.25) is 4.79 Å². The van der Waals surface area contributed by atoms with Crippen LogP contribution < -0.4 is 5.32 Å². The molecule has 9 nitrogen and oxygen atoms in total. The van der Waals surface area contributed by atoms with Gasteiger partial charge in [-0.1, -0.05) is 153 Å². The molecule has 0 aromatic heterocycles. The zero-order chi connectivity index (χ0) is 44.4. The number of aliphatic hydroxyl groups is 5. The van der Waals surface area contributed by atoms with Crippen molar-refractivity contribution in [2.75, 3.05) is 13.2 Å². The van der Waals surface area contributed by atoms with Gasteiger partial charge in [-0.2, -0.15) is 0 Å². The van der Waals surface area contributed by atoms with E-state index in [4.69, 9.17) is 9.47 Å². The SMILES string of the molecule is C/C=C/CC/C=C/CC/C=C/C(O)C(COC1OC(CO)C(O)C(O)C1O)NC(=O)CCC/C=C\C/C=C\C/C=C\C/C=C\C/C=C\C/C=C\C/C=C\C/C=C\C/C=C\CC. The van der Waals surface area contributed by atoms with Crippen LogP contribution in [0.25, 0.3) is 0 Å². The summed E-state index contributed by atoms with van der Waals surface area (Å²) in [6, 6.07) is -0.868. The Morgan fingerprint density at radius 3 is 1.48 bits per heavy atom. The van der Waals surface area contributed by atoms with Gasteiger partial charge >= 0.3 is 0 Å². The third-order valence-corrected chi connectivity index (χ3v) is 9.47. The van der Waals surface area contributed by atoms with E-state index in [0.29, 0.717) is 12.8 Å². The van der Waals surface area contributed by atoms with Gasteiger partial charge in [-0.25, -0.2) is 0 Å². The standard InChI is InChI=1S/C52H79NO8/c1-3-5-7-9-11-13-14-15-16-17-18-19-20-21-22-23-24-25-26-27-28-29-30-31-32-34-36-38-40-42-48(56)53-45(46(55)41-39-37-35-33-12-10-8-6-4-2)44-60-52-51(59)50(58)49(57)47(43-54)61-52/h4-7,11-13,15-16,18-19,21-22,24-25,27-28,30-31,33-34,36,39,41,45-47,49-52,54-55,57-59H,3,8-10,14,17,20,23,26,29,32,35,37-38,40,42-44H2,1-2H3,(H,53,56)/b6-4+,7-5-,13-11-,16-15-,19-18-,22-21-,25-24-,28-27-,31-30-,33-12+,36-34-,41-39+. The van der Waals surface area contributed by atoms with E-state index in [1.807, 2.05) is 19.1 Å². The highest BCUT2D eigenvalue weighted by molar-refractivity contribution is 5.76. The van der Waals surface area contributed by atoms with Crippen LogP contribution in [0.2, 0.25) is 0 Å². The topological polar surface area (TPSA) is 149 Å². The molecule has 7 atom stereocenters.